The number of amides is 1. The number of nitrogens with zero attached hydrogens (tertiary/aromatic N) is 2. The van der Waals surface area contributed by atoms with Crippen LogP contribution in [0.15, 0.2) is 29.3 Å². The lowest BCUT2D eigenvalue weighted by Gasteiger charge is -2.22. The second kappa shape index (κ2) is 6.16. The molecule has 4 N–H and O–H groups in total. The molecule has 0 unspecified atom stereocenters. The number of guanidine groups is 1. The first kappa shape index (κ1) is 17.4. The van der Waals surface area contributed by atoms with Crippen molar-refractivity contribution >= 4 is 39.0 Å². The molecule has 10 heteroatoms. The van der Waals surface area contributed by atoms with Crippen molar-refractivity contribution in [3.63, 3.8) is 0 Å². The van der Waals surface area contributed by atoms with Gasteiger partial charge in [-0.3, -0.25) is 15.3 Å². The maximum Gasteiger partial charge on any atom is 0.268 e. The molecule has 1 saturated carbocycles. The summed E-state index contributed by atoms with van der Waals surface area (Å²) >= 11 is 6.16. The van der Waals surface area contributed by atoms with E-state index in [0.29, 0.717) is 11.3 Å². The first-order valence-electron chi connectivity index (χ1n) is 7.41. The summed E-state index contributed by atoms with van der Waals surface area (Å²) in [5.74, 6) is -0.822. The maximum absolute atomic E-state index is 12.9. The van der Waals surface area contributed by atoms with Crippen LogP contribution in [0, 0.1) is 5.41 Å². The number of sulfone groups is 1. The van der Waals surface area contributed by atoms with E-state index >= 15 is 0 Å². The number of benzene rings is 1. The molecule has 132 valence electrons. The summed E-state index contributed by atoms with van der Waals surface area (Å²) in [6.45, 7) is 0. The third-order valence-electron chi connectivity index (χ3n) is 3.92. The summed E-state index contributed by atoms with van der Waals surface area (Å²) in [5, 5.41) is 14.5. The van der Waals surface area contributed by atoms with Crippen molar-refractivity contribution in [2.75, 3.05) is 11.2 Å². The fraction of sp³-hybridized carbons (Fsp3) is 0.267. The summed E-state index contributed by atoms with van der Waals surface area (Å²) in [7, 11) is -3.45. The molecule has 1 aromatic carbocycles. The van der Waals surface area contributed by atoms with Crippen LogP contribution in [0.5, 0.6) is 0 Å². The quantitative estimate of drug-likeness (QED) is 0.549. The normalized spacial score (nSPS) is 14.3. The highest BCUT2D eigenvalue weighted by Gasteiger charge is 2.33. The van der Waals surface area contributed by atoms with Crippen LogP contribution in [-0.2, 0) is 9.84 Å². The van der Waals surface area contributed by atoms with E-state index in [4.69, 9.17) is 22.7 Å². The predicted octanol–water partition coefficient (Wildman–Crippen LogP) is 1.88. The zero-order valence-corrected chi connectivity index (χ0v) is 14.9. The van der Waals surface area contributed by atoms with Crippen LogP contribution in [0.2, 0.25) is 5.02 Å². The molecule has 0 saturated heterocycles. The van der Waals surface area contributed by atoms with Gasteiger partial charge in [-0.2, -0.15) is 5.10 Å². The largest absolute Gasteiger partial charge is 0.369 e. The van der Waals surface area contributed by atoms with Crippen molar-refractivity contribution in [1.82, 2.24) is 10.2 Å². The number of H-pyrrole nitrogens is 1. The van der Waals surface area contributed by atoms with Gasteiger partial charge in [0.25, 0.3) is 5.91 Å². The van der Waals surface area contributed by atoms with Gasteiger partial charge in [-0.15, -0.1) is 0 Å². The van der Waals surface area contributed by atoms with Gasteiger partial charge in [-0.25, -0.2) is 13.3 Å². The molecule has 0 aliphatic heterocycles. The Kier molecular flexibility index (Phi) is 4.29. The van der Waals surface area contributed by atoms with Crippen LogP contribution in [-0.4, -0.2) is 36.7 Å². The van der Waals surface area contributed by atoms with Crippen LogP contribution in [0.25, 0.3) is 0 Å². The molecule has 1 aromatic heterocycles. The smallest absolute Gasteiger partial charge is 0.268 e. The number of aromatic amines is 1. The van der Waals surface area contributed by atoms with E-state index in [-0.39, 0.29) is 21.5 Å². The van der Waals surface area contributed by atoms with Gasteiger partial charge in [-0.05, 0) is 31.0 Å². The summed E-state index contributed by atoms with van der Waals surface area (Å²) in [4.78, 5) is 13.9. The molecular formula is C15H16ClN5O3S. The minimum atomic E-state index is -3.45. The molecule has 3 rings (SSSR count). The third kappa shape index (κ3) is 3.38. The molecule has 1 heterocycles. The Bertz CT molecular complexity index is 965. The lowest BCUT2D eigenvalue weighted by Crippen LogP contribution is -2.42. The fourth-order valence-electron chi connectivity index (χ4n) is 2.52. The second-order valence-electron chi connectivity index (χ2n) is 5.88. The third-order valence-corrected chi connectivity index (χ3v) is 5.33. The second-order valence-corrected chi connectivity index (χ2v) is 8.31. The molecule has 0 atom stereocenters. The zero-order valence-electron chi connectivity index (χ0n) is 13.3. The van der Waals surface area contributed by atoms with Crippen LogP contribution >= 0.6 is 11.6 Å². The molecule has 0 bridgehead atoms. The van der Waals surface area contributed by atoms with Gasteiger partial charge < -0.3 is 5.73 Å². The number of aromatic nitrogens is 2. The predicted molar refractivity (Wildman–Crippen MR) is 93.8 cm³/mol. The van der Waals surface area contributed by atoms with E-state index in [2.05, 4.69) is 10.2 Å². The van der Waals surface area contributed by atoms with Gasteiger partial charge in [0.2, 0.25) is 0 Å². The number of nitrogens with two attached hydrogens (primary N) is 1. The Morgan fingerprint density at radius 3 is 2.64 bits per heavy atom. The van der Waals surface area contributed by atoms with E-state index in [1.807, 2.05) is 0 Å². The SMILES string of the molecule is CS(=O)(=O)c1ccc(N(C(=N)N)C(=O)c2cn[nH]c2C2CC2)c(Cl)c1. The van der Waals surface area contributed by atoms with Gasteiger partial charge in [0.05, 0.1) is 33.1 Å². The average Bonchev–Trinajstić information content (AvgIpc) is 3.24. The van der Waals surface area contributed by atoms with E-state index in [9.17, 15) is 13.2 Å². The lowest BCUT2D eigenvalue weighted by molar-refractivity contribution is 0.100. The summed E-state index contributed by atoms with van der Waals surface area (Å²) in [6.07, 6.45) is 4.38. The molecule has 8 nitrogen and oxygen atoms in total. The van der Waals surface area contributed by atoms with Crippen LogP contribution in [0.1, 0.15) is 34.8 Å². The first-order chi connectivity index (χ1) is 11.7. The van der Waals surface area contributed by atoms with E-state index < -0.39 is 21.7 Å². The van der Waals surface area contributed by atoms with Gasteiger partial charge in [0, 0.05) is 12.2 Å². The highest BCUT2D eigenvalue weighted by atomic mass is 35.5. The van der Waals surface area contributed by atoms with Gasteiger partial charge >= 0.3 is 0 Å². The Morgan fingerprint density at radius 1 is 1.44 bits per heavy atom. The highest BCUT2D eigenvalue weighted by molar-refractivity contribution is 7.90. The molecule has 1 amide bonds. The van der Waals surface area contributed by atoms with Crippen molar-refractivity contribution in [2.45, 2.75) is 23.7 Å². The number of nitrogens with one attached hydrogen (secondary N) is 2. The Hall–Kier alpha value is -2.39. The molecule has 25 heavy (non-hydrogen) atoms. The molecule has 0 spiro atoms. The summed E-state index contributed by atoms with van der Waals surface area (Å²) in [6, 6.07) is 3.90. The molecule has 1 aliphatic rings. The van der Waals surface area contributed by atoms with Gasteiger partial charge in [-0.1, -0.05) is 11.6 Å². The Balaban J connectivity index is 2.03. The standard InChI is InChI=1S/C15H16ClN5O3S/c1-25(23,24)9-4-5-12(11(16)6-9)21(15(17)18)14(22)10-7-19-20-13(10)8-2-3-8/h4-8H,2-3H2,1H3,(H3,17,18)(H,19,20). The Labute approximate surface area is 149 Å². The summed E-state index contributed by atoms with van der Waals surface area (Å²) in [5.41, 5.74) is 6.75. The van der Waals surface area contributed by atoms with E-state index in [0.717, 1.165) is 24.0 Å². The number of hydrogen-bond donors (Lipinski definition) is 3. The fourth-order valence-corrected chi connectivity index (χ4v) is 3.50. The highest BCUT2D eigenvalue weighted by Crippen LogP contribution is 2.41. The number of anilines is 1. The lowest BCUT2D eigenvalue weighted by atomic mass is 10.1. The van der Waals surface area contributed by atoms with E-state index in [1.165, 1.54) is 24.4 Å². The maximum atomic E-state index is 12.9. The molecule has 2 aromatic rings. The molecule has 0 radical (unpaired) electrons. The monoisotopic (exact) mass is 381 g/mol. The summed E-state index contributed by atoms with van der Waals surface area (Å²) < 4.78 is 23.3. The van der Waals surface area contributed by atoms with Crippen molar-refractivity contribution in [1.29, 1.82) is 5.41 Å². The van der Waals surface area contributed by atoms with Gasteiger partial charge in [0.15, 0.2) is 15.8 Å². The van der Waals surface area contributed by atoms with Crippen LogP contribution < -0.4 is 10.6 Å². The van der Waals surface area contributed by atoms with E-state index in [1.54, 1.807) is 0 Å². The minimum absolute atomic E-state index is 0.00272. The van der Waals surface area contributed by atoms with Gasteiger partial charge in [0.1, 0.15) is 0 Å². The first-order valence-corrected chi connectivity index (χ1v) is 9.68. The number of hydrogen-bond acceptors (Lipinski definition) is 5. The Morgan fingerprint density at radius 2 is 2.12 bits per heavy atom. The van der Waals surface area contributed by atoms with Crippen LogP contribution in [0.3, 0.4) is 0 Å². The van der Waals surface area contributed by atoms with Crippen molar-refractivity contribution in [2.24, 2.45) is 5.73 Å². The molecular weight excluding hydrogens is 366 g/mol. The number of carbonyl (C=O) groups excluding carboxylic acids is 1. The number of rotatable bonds is 4. The molecule has 1 aliphatic carbocycles. The number of carbonyl (C=O) groups is 1. The number of halogens is 1. The topological polar surface area (TPSA) is 133 Å². The van der Waals surface area contributed by atoms with Crippen LogP contribution in [0.4, 0.5) is 5.69 Å². The zero-order chi connectivity index (χ0) is 18.4. The van der Waals surface area contributed by atoms with Crippen molar-refractivity contribution < 1.29 is 13.2 Å². The minimum Gasteiger partial charge on any atom is -0.369 e. The average molecular weight is 382 g/mol. The van der Waals surface area contributed by atoms with Crippen molar-refractivity contribution in [3.05, 3.63) is 40.7 Å². The molecule has 1 fully saturated rings. The van der Waals surface area contributed by atoms with Crippen molar-refractivity contribution in [3.8, 4) is 0 Å².